The SMILES string of the molecule is CC(NC1(CNC(=O)C2CCNC2)CCCC1)c1ccccc1. The van der Waals surface area contributed by atoms with Crippen LogP contribution in [0.25, 0.3) is 0 Å². The Morgan fingerprint density at radius 1 is 1.30 bits per heavy atom. The van der Waals surface area contributed by atoms with E-state index in [1.807, 2.05) is 0 Å². The Labute approximate surface area is 139 Å². The lowest BCUT2D eigenvalue weighted by molar-refractivity contribution is -0.124. The van der Waals surface area contributed by atoms with Crippen molar-refractivity contribution >= 4 is 5.91 Å². The number of carbonyl (C=O) groups excluding carboxylic acids is 1. The number of hydrogen-bond donors (Lipinski definition) is 3. The van der Waals surface area contributed by atoms with Crippen molar-refractivity contribution in [1.29, 1.82) is 0 Å². The average Bonchev–Trinajstić information content (AvgIpc) is 3.26. The number of rotatable bonds is 6. The molecule has 0 aromatic heterocycles. The van der Waals surface area contributed by atoms with Crippen LogP contribution in [0.4, 0.5) is 0 Å². The van der Waals surface area contributed by atoms with Crippen molar-refractivity contribution in [3.63, 3.8) is 0 Å². The number of hydrogen-bond acceptors (Lipinski definition) is 3. The van der Waals surface area contributed by atoms with E-state index in [0.29, 0.717) is 6.04 Å². The van der Waals surface area contributed by atoms with Crippen LogP contribution in [-0.4, -0.2) is 31.1 Å². The molecule has 126 valence electrons. The van der Waals surface area contributed by atoms with E-state index in [9.17, 15) is 4.79 Å². The summed E-state index contributed by atoms with van der Waals surface area (Å²) in [6.45, 7) is 4.76. The summed E-state index contributed by atoms with van der Waals surface area (Å²) in [5.41, 5.74) is 1.36. The highest BCUT2D eigenvalue weighted by atomic mass is 16.1. The van der Waals surface area contributed by atoms with Gasteiger partial charge in [0.2, 0.25) is 5.91 Å². The molecule has 1 saturated heterocycles. The van der Waals surface area contributed by atoms with E-state index in [1.165, 1.54) is 18.4 Å². The zero-order valence-electron chi connectivity index (χ0n) is 14.1. The van der Waals surface area contributed by atoms with Crippen LogP contribution in [0.5, 0.6) is 0 Å². The highest BCUT2D eigenvalue weighted by Crippen LogP contribution is 2.32. The Morgan fingerprint density at radius 2 is 2.04 bits per heavy atom. The zero-order chi connectivity index (χ0) is 16.1. The van der Waals surface area contributed by atoms with Crippen molar-refractivity contribution in [2.45, 2.75) is 50.6 Å². The van der Waals surface area contributed by atoms with Crippen LogP contribution in [0.15, 0.2) is 30.3 Å². The standard InChI is InChI=1S/C19H29N3O/c1-15(16-7-3-2-4-8-16)22-19(10-5-6-11-19)14-21-18(23)17-9-12-20-13-17/h2-4,7-8,15,17,20,22H,5-6,9-14H2,1H3,(H,21,23). The number of benzene rings is 1. The Morgan fingerprint density at radius 3 is 2.70 bits per heavy atom. The summed E-state index contributed by atoms with van der Waals surface area (Å²) in [5, 5.41) is 10.3. The van der Waals surface area contributed by atoms with Gasteiger partial charge in [-0.2, -0.15) is 0 Å². The van der Waals surface area contributed by atoms with Crippen molar-refractivity contribution in [2.75, 3.05) is 19.6 Å². The molecule has 1 saturated carbocycles. The predicted molar refractivity (Wildman–Crippen MR) is 93.2 cm³/mol. The molecule has 2 unspecified atom stereocenters. The maximum absolute atomic E-state index is 12.3. The predicted octanol–water partition coefficient (Wildman–Crippen LogP) is 2.38. The number of nitrogens with one attached hydrogen (secondary N) is 3. The second-order valence-corrected chi connectivity index (χ2v) is 7.17. The molecule has 1 amide bonds. The van der Waals surface area contributed by atoms with Gasteiger partial charge in [0, 0.05) is 24.7 Å². The van der Waals surface area contributed by atoms with E-state index in [1.54, 1.807) is 0 Å². The highest BCUT2D eigenvalue weighted by Gasteiger charge is 2.36. The van der Waals surface area contributed by atoms with E-state index in [2.05, 4.69) is 53.2 Å². The van der Waals surface area contributed by atoms with Gasteiger partial charge in [0.05, 0.1) is 5.92 Å². The molecule has 1 heterocycles. The summed E-state index contributed by atoms with van der Waals surface area (Å²) < 4.78 is 0. The average molecular weight is 315 g/mol. The molecule has 2 aliphatic rings. The molecule has 1 aliphatic carbocycles. The lowest BCUT2D eigenvalue weighted by Crippen LogP contribution is -2.53. The van der Waals surface area contributed by atoms with Gasteiger partial charge >= 0.3 is 0 Å². The fraction of sp³-hybridized carbons (Fsp3) is 0.632. The monoisotopic (exact) mass is 315 g/mol. The second-order valence-electron chi connectivity index (χ2n) is 7.17. The second kappa shape index (κ2) is 7.45. The molecule has 2 atom stereocenters. The lowest BCUT2D eigenvalue weighted by Gasteiger charge is -2.34. The Kier molecular flexibility index (Phi) is 5.34. The van der Waals surface area contributed by atoms with Crippen LogP contribution >= 0.6 is 0 Å². The summed E-state index contributed by atoms with van der Waals surface area (Å²) in [7, 11) is 0. The first-order valence-electron chi connectivity index (χ1n) is 9.00. The van der Waals surface area contributed by atoms with Gasteiger partial charge in [-0.3, -0.25) is 4.79 Å². The van der Waals surface area contributed by atoms with Gasteiger partial charge in [-0.25, -0.2) is 0 Å². The molecule has 1 aromatic rings. The Bertz CT molecular complexity index is 505. The summed E-state index contributed by atoms with van der Waals surface area (Å²) in [4.78, 5) is 12.3. The molecule has 0 spiro atoms. The molecule has 0 radical (unpaired) electrons. The molecule has 2 fully saturated rings. The van der Waals surface area contributed by atoms with E-state index < -0.39 is 0 Å². The third-order valence-corrected chi connectivity index (χ3v) is 5.42. The summed E-state index contributed by atoms with van der Waals surface area (Å²) in [6.07, 6.45) is 5.75. The molecular formula is C19H29N3O. The van der Waals surface area contributed by atoms with Gasteiger partial charge in [-0.1, -0.05) is 43.2 Å². The molecule has 4 nitrogen and oxygen atoms in total. The summed E-state index contributed by atoms with van der Waals surface area (Å²) in [6, 6.07) is 10.9. The topological polar surface area (TPSA) is 53.2 Å². The van der Waals surface area contributed by atoms with Crippen LogP contribution < -0.4 is 16.0 Å². The molecule has 4 heteroatoms. The van der Waals surface area contributed by atoms with Crippen LogP contribution in [0.2, 0.25) is 0 Å². The first-order chi connectivity index (χ1) is 11.2. The first kappa shape index (κ1) is 16.5. The largest absolute Gasteiger partial charge is 0.354 e. The summed E-state index contributed by atoms with van der Waals surface area (Å²) >= 11 is 0. The molecule has 1 aromatic carbocycles. The van der Waals surface area contributed by atoms with E-state index in [0.717, 1.165) is 38.9 Å². The fourth-order valence-electron chi connectivity index (χ4n) is 3.99. The fourth-order valence-corrected chi connectivity index (χ4v) is 3.99. The van der Waals surface area contributed by atoms with Gasteiger partial charge in [0.25, 0.3) is 0 Å². The maximum Gasteiger partial charge on any atom is 0.224 e. The Balaban J connectivity index is 1.59. The first-order valence-corrected chi connectivity index (χ1v) is 9.00. The van der Waals surface area contributed by atoms with Crippen molar-refractivity contribution in [1.82, 2.24) is 16.0 Å². The highest BCUT2D eigenvalue weighted by molar-refractivity contribution is 5.79. The van der Waals surface area contributed by atoms with Crippen LogP contribution in [0.3, 0.4) is 0 Å². The van der Waals surface area contributed by atoms with Crippen LogP contribution in [-0.2, 0) is 4.79 Å². The third-order valence-electron chi connectivity index (χ3n) is 5.42. The molecule has 1 aliphatic heterocycles. The van der Waals surface area contributed by atoms with Gasteiger partial charge in [0.15, 0.2) is 0 Å². The minimum atomic E-state index is 0.0525. The van der Waals surface area contributed by atoms with E-state index in [-0.39, 0.29) is 17.4 Å². The van der Waals surface area contributed by atoms with Gasteiger partial charge < -0.3 is 16.0 Å². The maximum atomic E-state index is 12.3. The van der Waals surface area contributed by atoms with Crippen molar-refractivity contribution < 1.29 is 4.79 Å². The van der Waals surface area contributed by atoms with E-state index >= 15 is 0 Å². The lowest BCUT2D eigenvalue weighted by atomic mass is 9.94. The quantitative estimate of drug-likeness (QED) is 0.755. The molecule has 23 heavy (non-hydrogen) atoms. The van der Waals surface area contributed by atoms with Crippen molar-refractivity contribution in [3.8, 4) is 0 Å². The summed E-state index contributed by atoms with van der Waals surface area (Å²) in [5.74, 6) is 0.371. The van der Waals surface area contributed by atoms with E-state index in [4.69, 9.17) is 0 Å². The third kappa shape index (κ3) is 4.12. The zero-order valence-corrected chi connectivity index (χ0v) is 14.1. The van der Waals surface area contributed by atoms with Gasteiger partial charge in [-0.15, -0.1) is 0 Å². The normalized spacial score (nSPS) is 24.5. The number of carbonyl (C=O) groups is 1. The molecule has 0 bridgehead atoms. The van der Waals surface area contributed by atoms with Gasteiger partial charge in [-0.05, 0) is 38.3 Å². The van der Waals surface area contributed by atoms with Crippen molar-refractivity contribution in [3.05, 3.63) is 35.9 Å². The molecule has 3 rings (SSSR count). The minimum absolute atomic E-state index is 0.0525. The van der Waals surface area contributed by atoms with Crippen molar-refractivity contribution in [2.24, 2.45) is 5.92 Å². The molecule has 3 N–H and O–H groups in total. The van der Waals surface area contributed by atoms with Crippen LogP contribution in [0, 0.1) is 5.92 Å². The molecular weight excluding hydrogens is 286 g/mol. The van der Waals surface area contributed by atoms with Gasteiger partial charge in [0.1, 0.15) is 0 Å². The minimum Gasteiger partial charge on any atom is -0.354 e. The Hall–Kier alpha value is -1.39. The van der Waals surface area contributed by atoms with Crippen LogP contribution in [0.1, 0.15) is 50.6 Å². The smallest absolute Gasteiger partial charge is 0.224 e. The number of amides is 1.